The number of fused-ring (bicyclic) bond motifs is 1. The van der Waals surface area contributed by atoms with E-state index in [1.165, 1.54) is 4.57 Å². The van der Waals surface area contributed by atoms with Gasteiger partial charge in [0.15, 0.2) is 0 Å². The number of rotatable bonds is 2. The maximum Gasteiger partial charge on any atom is 0.265 e. The minimum absolute atomic E-state index is 0.164. The van der Waals surface area contributed by atoms with Crippen LogP contribution in [0.1, 0.15) is 5.82 Å². The second-order valence-electron chi connectivity index (χ2n) is 4.32. The summed E-state index contributed by atoms with van der Waals surface area (Å²) in [5.74, 6) is 0.453. The third-order valence-corrected chi connectivity index (χ3v) is 3.56. The van der Waals surface area contributed by atoms with Crippen molar-refractivity contribution in [3.8, 4) is 0 Å². The van der Waals surface area contributed by atoms with E-state index in [1.807, 2.05) is 6.07 Å². The standard InChI is InChI=1S/C14H10BrN3O2/c15-10-5-3-7-18(14(10)20)8-12-16-11-6-2-1-4-9(11)13(19)17-12/h1-7H,8H2,(H,16,17,19). The highest BCUT2D eigenvalue weighted by Crippen LogP contribution is 2.06. The molecular formula is C14H10BrN3O2. The first-order valence-electron chi connectivity index (χ1n) is 5.98. The van der Waals surface area contributed by atoms with Gasteiger partial charge in [-0.2, -0.15) is 0 Å². The number of aromatic amines is 1. The molecule has 20 heavy (non-hydrogen) atoms. The number of para-hydroxylation sites is 1. The lowest BCUT2D eigenvalue weighted by Gasteiger charge is -2.06. The Morgan fingerprint density at radius 1 is 1.15 bits per heavy atom. The molecule has 0 aliphatic rings. The van der Waals surface area contributed by atoms with Gasteiger partial charge in [0.1, 0.15) is 5.82 Å². The molecule has 0 saturated carbocycles. The summed E-state index contributed by atoms with van der Waals surface area (Å²) >= 11 is 3.19. The van der Waals surface area contributed by atoms with Gasteiger partial charge in [0, 0.05) is 6.20 Å². The lowest BCUT2D eigenvalue weighted by Crippen LogP contribution is -2.23. The molecule has 0 spiro atoms. The third kappa shape index (κ3) is 2.30. The van der Waals surface area contributed by atoms with Crippen molar-refractivity contribution in [1.82, 2.24) is 14.5 Å². The Morgan fingerprint density at radius 3 is 2.80 bits per heavy atom. The van der Waals surface area contributed by atoms with Gasteiger partial charge < -0.3 is 9.55 Å². The van der Waals surface area contributed by atoms with E-state index in [1.54, 1.807) is 36.5 Å². The van der Waals surface area contributed by atoms with Crippen molar-refractivity contribution < 1.29 is 0 Å². The van der Waals surface area contributed by atoms with Gasteiger partial charge in [-0.05, 0) is 40.2 Å². The van der Waals surface area contributed by atoms with Crippen LogP contribution in [0.4, 0.5) is 0 Å². The Hall–Kier alpha value is -2.21. The van der Waals surface area contributed by atoms with Gasteiger partial charge in [-0.25, -0.2) is 4.98 Å². The first-order chi connectivity index (χ1) is 9.65. The number of benzene rings is 1. The van der Waals surface area contributed by atoms with Crippen molar-refractivity contribution in [2.45, 2.75) is 6.54 Å². The molecular weight excluding hydrogens is 322 g/mol. The summed E-state index contributed by atoms with van der Waals surface area (Å²) in [4.78, 5) is 30.9. The number of nitrogens with one attached hydrogen (secondary N) is 1. The molecule has 0 bridgehead atoms. The van der Waals surface area contributed by atoms with Crippen LogP contribution in [-0.2, 0) is 6.54 Å². The van der Waals surface area contributed by atoms with Crippen LogP contribution < -0.4 is 11.1 Å². The topological polar surface area (TPSA) is 67.8 Å². The summed E-state index contributed by atoms with van der Waals surface area (Å²) in [6.07, 6.45) is 1.66. The maximum absolute atomic E-state index is 11.9. The Labute approximate surface area is 122 Å². The molecule has 0 atom stereocenters. The van der Waals surface area contributed by atoms with E-state index in [0.29, 0.717) is 21.2 Å². The zero-order chi connectivity index (χ0) is 14.1. The molecule has 6 heteroatoms. The number of pyridine rings is 1. The molecule has 2 heterocycles. The molecule has 5 nitrogen and oxygen atoms in total. The normalized spacial score (nSPS) is 10.8. The van der Waals surface area contributed by atoms with Crippen molar-refractivity contribution in [1.29, 1.82) is 0 Å². The van der Waals surface area contributed by atoms with Gasteiger partial charge >= 0.3 is 0 Å². The first-order valence-corrected chi connectivity index (χ1v) is 6.77. The molecule has 0 saturated heterocycles. The van der Waals surface area contributed by atoms with Crippen LogP contribution in [-0.4, -0.2) is 14.5 Å². The number of halogens is 1. The molecule has 0 radical (unpaired) electrons. The van der Waals surface area contributed by atoms with Crippen molar-refractivity contribution >= 4 is 26.8 Å². The molecule has 1 aromatic carbocycles. The van der Waals surface area contributed by atoms with Gasteiger partial charge in [-0.3, -0.25) is 9.59 Å². The van der Waals surface area contributed by atoms with Gasteiger partial charge in [-0.15, -0.1) is 0 Å². The third-order valence-electron chi connectivity index (χ3n) is 2.96. The van der Waals surface area contributed by atoms with E-state index < -0.39 is 0 Å². The Kier molecular flexibility index (Phi) is 3.23. The van der Waals surface area contributed by atoms with E-state index in [9.17, 15) is 9.59 Å². The smallest absolute Gasteiger partial charge is 0.265 e. The average Bonchev–Trinajstić information content (AvgIpc) is 2.44. The summed E-state index contributed by atoms with van der Waals surface area (Å²) in [6, 6.07) is 10.5. The maximum atomic E-state index is 11.9. The van der Waals surface area contributed by atoms with Gasteiger partial charge in [0.2, 0.25) is 0 Å². The summed E-state index contributed by atoms with van der Waals surface area (Å²) in [5.41, 5.74) is 0.256. The van der Waals surface area contributed by atoms with Crippen molar-refractivity contribution in [2.75, 3.05) is 0 Å². The van der Waals surface area contributed by atoms with Crippen LogP contribution in [0.15, 0.2) is 56.7 Å². The summed E-state index contributed by atoms with van der Waals surface area (Å²) in [5, 5.41) is 0.540. The van der Waals surface area contributed by atoms with E-state index in [2.05, 4.69) is 25.9 Å². The Balaban J connectivity index is 2.10. The fraction of sp³-hybridized carbons (Fsp3) is 0.0714. The Bertz CT molecular complexity index is 899. The predicted molar refractivity (Wildman–Crippen MR) is 79.9 cm³/mol. The van der Waals surface area contributed by atoms with Crippen LogP contribution >= 0.6 is 15.9 Å². The first kappa shape index (κ1) is 12.8. The van der Waals surface area contributed by atoms with E-state index in [4.69, 9.17) is 0 Å². The van der Waals surface area contributed by atoms with Crippen LogP contribution in [0.2, 0.25) is 0 Å². The van der Waals surface area contributed by atoms with Gasteiger partial charge in [0.25, 0.3) is 11.1 Å². The molecule has 0 fully saturated rings. The minimum atomic E-state index is -0.200. The fourth-order valence-corrected chi connectivity index (χ4v) is 2.38. The second-order valence-corrected chi connectivity index (χ2v) is 5.17. The molecule has 2 aromatic heterocycles. The van der Waals surface area contributed by atoms with Crippen LogP contribution in [0, 0.1) is 0 Å². The van der Waals surface area contributed by atoms with Crippen LogP contribution in [0.25, 0.3) is 10.9 Å². The number of aromatic nitrogens is 3. The summed E-state index contributed by atoms with van der Waals surface area (Å²) < 4.78 is 1.96. The predicted octanol–water partition coefficient (Wildman–Crippen LogP) is 1.90. The van der Waals surface area contributed by atoms with E-state index in [-0.39, 0.29) is 17.7 Å². The molecule has 0 unspecified atom stereocenters. The SMILES string of the molecule is O=c1[nH]c(Cn2cccc(Br)c2=O)nc2ccccc12. The highest BCUT2D eigenvalue weighted by atomic mass is 79.9. The quantitative estimate of drug-likeness (QED) is 0.779. The lowest BCUT2D eigenvalue weighted by molar-refractivity contribution is 0.712. The lowest BCUT2D eigenvalue weighted by atomic mass is 10.2. The summed E-state index contributed by atoms with van der Waals surface area (Å²) in [7, 11) is 0. The molecule has 3 rings (SSSR count). The number of hydrogen-bond donors (Lipinski definition) is 1. The number of nitrogens with zero attached hydrogens (tertiary/aromatic N) is 2. The van der Waals surface area contributed by atoms with E-state index >= 15 is 0 Å². The van der Waals surface area contributed by atoms with Gasteiger partial charge in [-0.1, -0.05) is 12.1 Å². The van der Waals surface area contributed by atoms with Crippen molar-refractivity contribution in [3.05, 3.63) is 73.6 Å². The number of hydrogen-bond acceptors (Lipinski definition) is 3. The zero-order valence-electron chi connectivity index (χ0n) is 10.3. The fourth-order valence-electron chi connectivity index (χ4n) is 2.00. The molecule has 0 aliphatic heterocycles. The molecule has 0 amide bonds. The van der Waals surface area contributed by atoms with Crippen molar-refractivity contribution in [3.63, 3.8) is 0 Å². The van der Waals surface area contributed by atoms with Crippen molar-refractivity contribution in [2.24, 2.45) is 0 Å². The van der Waals surface area contributed by atoms with E-state index in [0.717, 1.165) is 0 Å². The second kappa shape index (κ2) is 5.05. The van der Waals surface area contributed by atoms with Crippen LogP contribution in [0.3, 0.4) is 0 Å². The number of H-pyrrole nitrogens is 1. The largest absolute Gasteiger partial charge is 0.308 e. The Morgan fingerprint density at radius 2 is 1.95 bits per heavy atom. The minimum Gasteiger partial charge on any atom is -0.308 e. The highest BCUT2D eigenvalue weighted by Gasteiger charge is 2.06. The average molecular weight is 332 g/mol. The molecule has 1 N–H and O–H groups in total. The zero-order valence-corrected chi connectivity index (χ0v) is 11.9. The molecule has 3 aromatic rings. The molecule has 0 aliphatic carbocycles. The monoisotopic (exact) mass is 331 g/mol. The van der Waals surface area contributed by atoms with Crippen LogP contribution in [0.5, 0.6) is 0 Å². The molecule has 100 valence electrons. The summed E-state index contributed by atoms with van der Waals surface area (Å²) in [6.45, 7) is 0.221. The highest BCUT2D eigenvalue weighted by molar-refractivity contribution is 9.10. The van der Waals surface area contributed by atoms with Gasteiger partial charge in [0.05, 0.1) is 21.9 Å².